The minimum absolute atomic E-state index is 0.0674. The number of aliphatic hydroxyl groups excluding tert-OH is 1. The van der Waals surface area contributed by atoms with Gasteiger partial charge in [0.05, 0.1) is 34.9 Å². The number of nitrogens with zero attached hydrogens (tertiary/aromatic N) is 2. The minimum Gasteiger partial charge on any atom is -0.478 e. The number of nitro benzene ring substituents is 1. The summed E-state index contributed by atoms with van der Waals surface area (Å²) in [5.41, 5.74) is 2.65. The van der Waals surface area contributed by atoms with Gasteiger partial charge in [-0.2, -0.15) is 0 Å². The van der Waals surface area contributed by atoms with Crippen molar-refractivity contribution in [3.63, 3.8) is 0 Å². The monoisotopic (exact) mass is 536 g/mol. The summed E-state index contributed by atoms with van der Waals surface area (Å²) in [6.07, 6.45) is 1.47. The number of aromatic carboxylic acids is 1. The standard InChI is InChI=1S/C30H33FN2O6/c1-19-9-10-21(15-28(19)31)14-23-6-5-13-32(23)17-24(34)18-39-20(2)25-7-3-4-8-26(25)27-12-11-22(30(35)36)16-29(27)33(37)38/h3-4,7-12,15-16,20,23-24,34H,5-6,13-14,17-18H2,1-2H3,(H,35,36)/t20-,23+,24-/m1/s1. The van der Waals surface area contributed by atoms with Crippen molar-refractivity contribution in [3.05, 3.63) is 98.8 Å². The zero-order valence-corrected chi connectivity index (χ0v) is 22.0. The van der Waals surface area contributed by atoms with Crippen molar-refractivity contribution >= 4 is 11.7 Å². The predicted molar refractivity (Wildman–Crippen MR) is 145 cm³/mol. The Labute approximate surface area is 226 Å². The van der Waals surface area contributed by atoms with E-state index in [2.05, 4.69) is 4.90 Å². The van der Waals surface area contributed by atoms with E-state index in [9.17, 15) is 29.5 Å². The number of aliphatic hydroxyl groups is 1. The summed E-state index contributed by atoms with van der Waals surface area (Å²) in [5.74, 6) is -1.45. The summed E-state index contributed by atoms with van der Waals surface area (Å²) in [7, 11) is 0. The highest BCUT2D eigenvalue weighted by Gasteiger charge is 2.27. The van der Waals surface area contributed by atoms with Crippen LogP contribution in [0.15, 0.2) is 60.7 Å². The molecule has 0 saturated carbocycles. The van der Waals surface area contributed by atoms with E-state index < -0.39 is 23.1 Å². The van der Waals surface area contributed by atoms with E-state index in [1.54, 1.807) is 43.3 Å². The number of benzene rings is 3. The maximum Gasteiger partial charge on any atom is 0.335 e. The lowest BCUT2D eigenvalue weighted by atomic mass is 9.94. The van der Waals surface area contributed by atoms with Crippen molar-refractivity contribution in [3.8, 4) is 11.1 Å². The Morgan fingerprint density at radius 1 is 1.18 bits per heavy atom. The summed E-state index contributed by atoms with van der Waals surface area (Å²) in [6.45, 7) is 4.90. The highest BCUT2D eigenvalue weighted by molar-refractivity contribution is 5.90. The van der Waals surface area contributed by atoms with Crippen molar-refractivity contribution in [1.82, 2.24) is 4.90 Å². The van der Waals surface area contributed by atoms with Crippen LogP contribution in [0.5, 0.6) is 0 Å². The third kappa shape index (κ3) is 6.86. The van der Waals surface area contributed by atoms with Gasteiger partial charge in [0.25, 0.3) is 5.69 Å². The molecule has 0 unspecified atom stereocenters. The molecule has 3 aromatic rings. The fraction of sp³-hybridized carbons (Fsp3) is 0.367. The van der Waals surface area contributed by atoms with Gasteiger partial charge in [0.15, 0.2) is 0 Å². The molecule has 3 atom stereocenters. The quantitative estimate of drug-likeness (QED) is 0.244. The lowest BCUT2D eigenvalue weighted by Gasteiger charge is -2.27. The molecule has 0 spiro atoms. The van der Waals surface area contributed by atoms with Gasteiger partial charge in [-0.15, -0.1) is 0 Å². The number of carboxylic acids is 1. The molecule has 0 amide bonds. The summed E-state index contributed by atoms with van der Waals surface area (Å²) in [6, 6.07) is 16.5. The van der Waals surface area contributed by atoms with Crippen LogP contribution in [0.4, 0.5) is 10.1 Å². The SMILES string of the molecule is Cc1ccc(C[C@@H]2CCCN2C[C@@H](O)CO[C@H](C)c2ccccc2-c2ccc(C(=O)O)cc2[N+](=O)[O-])cc1F. The molecule has 8 nitrogen and oxygen atoms in total. The molecule has 1 aliphatic rings. The lowest BCUT2D eigenvalue weighted by Crippen LogP contribution is -2.39. The van der Waals surface area contributed by atoms with Gasteiger partial charge in [-0.05, 0) is 80.1 Å². The molecule has 1 saturated heterocycles. The minimum atomic E-state index is -1.24. The topological polar surface area (TPSA) is 113 Å². The molecule has 0 radical (unpaired) electrons. The van der Waals surface area contributed by atoms with Gasteiger partial charge in [-0.25, -0.2) is 9.18 Å². The van der Waals surface area contributed by atoms with Crippen LogP contribution >= 0.6 is 0 Å². The van der Waals surface area contributed by atoms with Crippen molar-refractivity contribution in [2.75, 3.05) is 19.7 Å². The second-order valence-corrected chi connectivity index (χ2v) is 10.1. The Morgan fingerprint density at radius 3 is 2.67 bits per heavy atom. The highest BCUT2D eigenvalue weighted by Crippen LogP contribution is 2.36. The van der Waals surface area contributed by atoms with Crippen LogP contribution in [-0.2, 0) is 11.2 Å². The summed E-state index contributed by atoms with van der Waals surface area (Å²) < 4.78 is 20.0. The fourth-order valence-corrected chi connectivity index (χ4v) is 5.21. The fourth-order valence-electron chi connectivity index (χ4n) is 5.21. The normalized spacial score (nSPS) is 17.2. The van der Waals surface area contributed by atoms with Gasteiger partial charge < -0.3 is 14.9 Å². The molecule has 9 heteroatoms. The number of likely N-dealkylation sites (tertiary alicyclic amines) is 1. The Kier molecular flexibility index (Phi) is 9.06. The first-order chi connectivity index (χ1) is 18.6. The number of carbonyl (C=O) groups is 1. The number of aryl methyl sites for hydroxylation is 1. The number of hydrogen-bond donors (Lipinski definition) is 2. The Balaban J connectivity index is 1.41. The van der Waals surface area contributed by atoms with Gasteiger partial charge in [0.1, 0.15) is 5.82 Å². The van der Waals surface area contributed by atoms with E-state index in [0.29, 0.717) is 35.2 Å². The van der Waals surface area contributed by atoms with Crippen LogP contribution in [0.2, 0.25) is 0 Å². The number of carboxylic acid groups (broad SMARTS) is 1. The molecule has 0 aromatic heterocycles. The van der Waals surface area contributed by atoms with E-state index >= 15 is 0 Å². The largest absolute Gasteiger partial charge is 0.478 e. The van der Waals surface area contributed by atoms with Gasteiger partial charge in [-0.3, -0.25) is 15.0 Å². The van der Waals surface area contributed by atoms with Gasteiger partial charge in [-0.1, -0.05) is 36.4 Å². The number of nitro groups is 1. The molecule has 3 aromatic carbocycles. The van der Waals surface area contributed by atoms with Crippen LogP contribution in [0.1, 0.15) is 52.9 Å². The van der Waals surface area contributed by atoms with E-state index in [1.165, 1.54) is 12.1 Å². The zero-order valence-electron chi connectivity index (χ0n) is 22.0. The number of β-amino-alcohol motifs (C(OH)–C–C–N with tert-alkyl or cyclic N) is 1. The van der Waals surface area contributed by atoms with E-state index in [0.717, 1.165) is 31.0 Å². The van der Waals surface area contributed by atoms with Crippen LogP contribution in [0.25, 0.3) is 11.1 Å². The van der Waals surface area contributed by atoms with Crippen molar-refractivity contribution < 1.29 is 29.1 Å². The second kappa shape index (κ2) is 12.5. The molecule has 2 N–H and O–H groups in total. The molecule has 1 fully saturated rings. The van der Waals surface area contributed by atoms with E-state index in [1.807, 2.05) is 13.0 Å². The number of halogens is 1. The first-order valence-corrected chi connectivity index (χ1v) is 13.0. The third-order valence-corrected chi connectivity index (χ3v) is 7.32. The average molecular weight is 537 g/mol. The van der Waals surface area contributed by atoms with E-state index in [4.69, 9.17) is 4.74 Å². The van der Waals surface area contributed by atoms with Gasteiger partial charge in [0, 0.05) is 18.7 Å². The summed E-state index contributed by atoms with van der Waals surface area (Å²) in [4.78, 5) is 24.7. The second-order valence-electron chi connectivity index (χ2n) is 10.1. The molecule has 1 aliphatic heterocycles. The molecule has 206 valence electrons. The first kappa shape index (κ1) is 28.4. The maximum absolute atomic E-state index is 14.0. The van der Waals surface area contributed by atoms with Crippen LogP contribution < -0.4 is 0 Å². The zero-order chi connectivity index (χ0) is 28.1. The Bertz CT molecular complexity index is 1350. The third-order valence-electron chi connectivity index (χ3n) is 7.32. The smallest absolute Gasteiger partial charge is 0.335 e. The predicted octanol–water partition coefficient (Wildman–Crippen LogP) is 5.55. The molecular formula is C30H33FN2O6. The van der Waals surface area contributed by atoms with Gasteiger partial charge in [0.2, 0.25) is 0 Å². The first-order valence-electron chi connectivity index (χ1n) is 13.0. The van der Waals surface area contributed by atoms with Crippen LogP contribution in [0.3, 0.4) is 0 Å². The molecule has 0 aliphatic carbocycles. The number of ether oxygens (including phenoxy) is 1. The lowest BCUT2D eigenvalue weighted by molar-refractivity contribution is -0.384. The number of rotatable bonds is 11. The molecule has 4 rings (SSSR count). The van der Waals surface area contributed by atoms with E-state index in [-0.39, 0.29) is 29.7 Å². The van der Waals surface area contributed by atoms with Crippen molar-refractivity contribution in [2.24, 2.45) is 0 Å². The van der Waals surface area contributed by atoms with Crippen molar-refractivity contribution in [2.45, 2.75) is 51.4 Å². The average Bonchev–Trinajstić information content (AvgIpc) is 3.35. The summed E-state index contributed by atoms with van der Waals surface area (Å²) >= 11 is 0. The summed E-state index contributed by atoms with van der Waals surface area (Å²) in [5, 5.41) is 31.8. The van der Waals surface area contributed by atoms with Gasteiger partial charge >= 0.3 is 5.97 Å². The highest BCUT2D eigenvalue weighted by atomic mass is 19.1. The van der Waals surface area contributed by atoms with Crippen LogP contribution in [-0.4, -0.2) is 57.8 Å². The molecular weight excluding hydrogens is 503 g/mol. The van der Waals surface area contributed by atoms with Crippen LogP contribution in [0, 0.1) is 22.9 Å². The Hall–Kier alpha value is -3.66. The maximum atomic E-state index is 14.0. The van der Waals surface area contributed by atoms with Crippen molar-refractivity contribution in [1.29, 1.82) is 0 Å². The number of hydrogen-bond acceptors (Lipinski definition) is 6. The molecule has 39 heavy (non-hydrogen) atoms. The molecule has 0 bridgehead atoms. The Morgan fingerprint density at radius 2 is 1.95 bits per heavy atom. The molecule has 1 heterocycles.